The standard InChI is InChI=1S/C16H23N3S/c1-10-7-11(2)18-16(14(10)15(17)20)19(8-12-3-4-12)9-13-5-6-13/h7,12-13H,3-6,8-9H2,1-2H3,(H2,17,20). The van der Waals surface area contributed by atoms with E-state index in [0.717, 1.165) is 47.6 Å². The lowest BCUT2D eigenvalue weighted by Crippen LogP contribution is -2.32. The van der Waals surface area contributed by atoms with E-state index in [2.05, 4.69) is 17.9 Å². The fourth-order valence-corrected chi connectivity index (χ4v) is 3.07. The van der Waals surface area contributed by atoms with Crippen LogP contribution in [0.25, 0.3) is 0 Å². The van der Waals surface area contributed by atoms with Crippen molar-refractivity contribution in [3.05, 3.63) is 22.9 Å². The molecule has 0 atom stereocenters. The Hall–Kier alpha value is -1.16. The van der Waals surface area contributed by atoms with Gasteiger partial charge in [-0.1, -0.05) is 12.2 Å². The summed E-state index contributed by atoms with van der Waals surface area (Å²) in [5.74, 6) is 2.71. The highest BCUT2D eigenvalue weighted by molar-refractivity contribution is 7.80. The molecule has 0 spiro atoms. The van der Waals surface area contributed by atoms with E-state index in [1.165, 1.54) is 25.7 Å². The maximum Gasteiger partial charge on any atom is 0.139 e. The second-order valence-electron chi connectivity index (χ2n) is 6.44. The molecular formula is C16H23N3S. The van der Waals surface area contributed by atoms with Gasteiger partial charge in [0.2, 0.25) is 0 Å². The topological polar surface area (TPSA) is 42.1 Å². The highest BCUT2D eigenvalue weighted by Gasteiger charge is 2.31. The molecule has 108 valence electrons. The molecule has 1 aromatic heterocycles. The van der Waals surface area contributed by atoms with Crippen LogP contribution in [0.1, 0.15) is 42.5 Å². The number of nitrogens with zero attached hydrogens (tertiary/aromatic N) is 2. The van der Waals surface area contributed by atoms with Crippen molar-refractivity contribution < 1.29 is 0 Å². The van der Waals surface area contributed by atoms with E-state index in [4.69, 9.17) is 22.9 Å². The molecule has 3 rings (SSSR count). The van der Waals surface area contributed by atoms with E-state index in [9.17, 15) is 0 Å². The summed E-state index contributed by atoms with van der Waals surface area (Å²) in [5.41, 5.74) is 9.14. The van der Waals surface area contributed by atoms with Crippen LogP contribution in [-0.4, -0.2) is 23.1 Å². The maximum atomic E-state index is 5.96. The highest BCUT2D eigenvalue weighted by Crippen LogP contribution is 2.36. The van der Waals surface area contributed by atoms with Gasteiger partial charge in [0.15, 0.2) is 0 Å². The molecule has 0 aliphatic heterocycles. The van der Waals surface area contributed by atoms with Gasteiger partial charge >= 0.3 is 0 Å². The Bertz CT molecular complexity index is 519. The van der Waals surface area contributed by atoms with Gasteiger partial charge in [-0.3, -0.25) is 0 Å². The molecule has 0 bridgehead atoms. The zero-order chi connectivity index (χ0) is 14.3. The third-order valence-corrected chi connectivity index (χ3v) is 4.43. The molecule has 0 saturated heterocycles. The van der Waals surface area contributed by atoms with Crippen molar-refractivity contribution >= 4 is 23.0 Å². The van der Waals surface area contributed by atoms with Crippen LogP contribution in [0.5, 0.6) is 0 Å². The zero-order valence-corrected chi connectivity index (χ0v) is 13.2. The first-order chi connectivity index (χ1) is 9.54. The number of aromatic nitrogens is 1. The van der Waals surface area contributed by atoms with Crippen molar-refractivity contribution in [2.45, 2.75) is 39.5 Å². The minimum atomic E-state index is 0.474. The number of hydrogen-bond donors (Lipinski definition) is 1. The molecule has 2 aliphatic rings. The number of rotatable bonds is 6. The molecule has 1 aromatic rings. The molecular weight excluding hydrogens is 266 g/mol. The Morgan fingerprint density at radius 3 is 2.25 bits per heavy atom. The fraction of sp³-hybridized carbons (Fsp3) is 0.625. The fourth-order valence-electron chi connectivity index (χ4n) is 2.82. The predicted octanol–water partition coefficient (Wildman–Crippen LogP) is 2.96. The van der Waals surface area contributed by atoms with Gasteiger partial charge in [0, 0.05) is 18.8 Å². The first-order valence-corrected chi connectivity index (χ1v) is 7.98. The largest absolute Gasteiger partial charge is 0.389 e. The van der Waals surface area contributed by atoms with Crippen LogP contribution >= 0.6 is 12.2 Å². The van der Waals surface area contributed by atoms with E-state index in [-0.39, 0.29) is 0 Å². The molecule has 2 aliphatic carbocycles. The Labute approximate surface area is 126 Å². The van der Waals surface area contributed by atoms with E-state index in [1.54, 1.807) is 0 Å². The van der Waals surface area contributed by atoms with Crippen LogP contribution in [0.3, 0.4) is 0 Å². The van der Waals surface area contributed by atoms with Crippen molar-refractivity contribution in [2.24, 2.45) is 17.6 Å². The summed E-state index contributed by atoms with van der Waals surface area (Å²) in [6.45, 7) is 6.36. The monoisotopic (exact) mass is 289 g/mol. The summed E-state index contributed by atoms with van der Waals surface area (Å²) in [4.78, 5) is 7.70. The molecule has 3 nitrogen and oxygen atoms in total. The van der Waals surface area contributed by atoms with Crippen LogP contribution in [0.2, 0.25) is 0 Å². The Kier molecular flexibility index (Phi) is 3.67. The smallest absolute Gasteiger partial charge is 0.139 e. The van der Waals surface area contributed by atoms with E-state index in [1.807, 2.05) is 6.92 Å². The minimum absolute atomic E-state index is 0.474. The molecule has 2 saturated carbocycles. The number of nitrogens with two attached hydrogens (primary N) is 1. The van der Waals surface area contributed by atoms with Crippen LogP contribution in [-0.2, 0) is 0 Å². The summed E-state index contributed by atoms with van der Waals surface area (Å²) in [7, 11) is 0. The molecule has 1 heterocycles. The highest BCUT2D eigenvalue weighted by atomic mass is 32.1. The van der Waals surface area contributed by atoms with Crippen LogP contribution < -0.4 is 10.6 Å². The molecule has 0 unspecified atom stereocenters. The average molecular weight is 289 g/mol. The third-order valence-electron chi connectivity index (χ3n) is 4.22. The van der Waals surface area contributed by atoms with E-state index in [0.29, 0.717) is 4.99 Å². The zero-order valence-electron chi connectivity index (χ0n) is 12.4. The minimum Gasteiger partial charge on any atom is -0.389 e. The molecule has 2 fully saturated rings. The van der Waals surface area contributed by atoms with Gasteiger partial charge < -0.3 is 10.6 Å². The Balaban J connectivity index is 1.96. The summed E-state index contributed by atoms with van der Waals surface area (Å²) in [5, 5.41) is 0. The Morgan fingerprint density at radius 2 is 1.80 bits per heavy atom. The van der Waals surface area contributed by atoms with Gasteiger partial charge in [-0.2, -0.15) is 0 Å². The molecule has 20 heavy (non-hydrogen) atoms. The SMILES string of the molecule is Cc1cc(C)c(C(N)=S)c(N(CC2CC2)CC2CC2)n1. The molecule has 4 heteroatoms. The second-order valence-corrected chi connectivity index (χ2v) is 6.87. The van der Waals surface area contributed by atoms with Crippen molar-refractivity contribution in [1.82, 2.24) is 4.98 Å². The molecule has 2 N–H and O–H groups in total. The molecule has 0 aromatic carbocycles. The van der Waals surface area contributed by atoms with Gasteiger partial charge in [-0.25, -0.2) is 4.98 Å². The summed E-state index contributed by atoms with van der Waals surface area (Å²) >= 11 is 5.27. The lowest BCUT2D eigenvalue weighted by Gasteiger charge is -2.27. The number of thiocarbonyl (C=S) groups is 1. The van der Waals surface area contributed by atoms with Gasteiger partial charge in [-0.15, -0.1) is 0 Å². The van der Waals surface area contributed by atoms with Crippen LogP contribution in [0, 0.1) is 25.7 Å². The predicted molar refractivity (Wildman–Crippen MR) is 87.3 cm³/mol. The van der Waals surface area contributed by atoms with Gasteiger partial charge in [0.1, 0.15) is 10.8 Å². The molecule has 0 radical (unpaired) electrons. The number of hydrogen-bond acceptors (Lipinski definition) is 3. The Morgan fingerprint density at radius 1 is 1.25 bits per heavy atom. The number of aryl methyl sites for hydroxylation is 2. The van der Waals surface area contributed by atoms with Crippen LogP contribution in [0.4, 0.5) is 5.82 Å². The first-order valence-electron chi connectivity index (χ1n) is 7.57. The molecule has 0 amide bonds. The maximum absolute atomic E-state index is 5.96. The number of pyridine rings is 1. The van der Waals surface area contributed by atoms with Gasteiger partial charge in [0.05, 0.1) is 5.56 Å². The summed E-state index contributed by atoms with van der Waals surface area (Å²) in [6, 6.07) is 2.07. The second kappa shape index (κ2) is 5.32. The van der Waals surface area contributed by atoms with Gasteiger partial charge in [0.25, 0.3) is 0 Å². The first kappa shape index (κ1) is 13.8. The van der Waals surface area contributed by atoms with E-state index < -0.39 is 0 Å². The summed E-state index contributed by atoms with van der Waals surface area (Å²) in [6.07, 6.45) is 5.42. The average Bonchev–Trinajstić information content (AvgIpc) is 3.21. The van der Waals surface area contributed by atoms with Crippen molar-refractivity contribution in [1.29, 1.82) is 0 Å². The summed E-state index contributed by atoms with van der Waals surface area (Å²) < 4.78 is 0. The van der Waals surface area contributed by atoms with Crippen LogP contribution in [0.15, 0.2) is 6.07 Å². The van der Waals surface area contributed by atoms with Gasteiger partial charge in [-0.05, 0) is 63.0 Å². The van der Waals surface area contributed by atoms with Crippen molar-refractivity contribution in [3.8, 4) is 0 Å². The lowest BCUT2D eigenvalue weighted by atomic mass is 10.1. The third kappa shape index (κ3) is 3.11. The van der Waals surface area contributed by atoms with Crippen molar-refractivity contribution in [2.75, 3.05) is 18.0 Å². The van der Waals surface area contributed by atoms with E-state index >= 15 is 0 Å². The quantitative estimate of drug-likeness (QED) is 0.818. The number of anilines is 1. The normalized spacial score (nSPS) is 18.1. The lowest BCUT2D eigenvalue weighted by molar-refractivity contribution is 0.670. The van der Waals surface area contributed by atoms with Crippen molar-refractivity contribution in [3.63, 3.8) is 0 Å².